The van der Waals surface area contributed by atoms with Crippen LogP contribution in [0.5, 0.6) is 0 Å². The van der Waals surface area contributed by atoms with Gasteiger partial charge in [-0.3, -0.25) is 10.1 Å². The number of alkyl halides is 3. The number of halogens is 3. The quantitative estimate of drug-likeness (QED) is 0.610. The van der Waals surface area contributed by atoms with Crippen molar-refractivity contribution in [3.63, 3.8) is 0 Å². The second kappa shape index (κ2) is 5.96. The minimum absolute atomic E-state index is 0.0614. The molecule has 1 unspecified atom stereocenters. The molecule has 1 heterocycles. The van der Waals surface area contributed by atoms with Gasteiger partial charge in [-0.25, -0.2) is 8.42 Å². The molecule has 0 spiro atoms. The highest BCUT2D eigenvalue weighted by Crippen LogP contribution is 2.36. The van der Waals surface area contributed by atoms with Gasteiger partial charge < -0.3 is 9.64 Å². The van der Waals surface area contributed by atoms with Crippen LogP contribution in [0.4, 0.5) is 24.5 Å². The molecule has 128 valence electrons. The molecule has 1 aliphatic rings. The fraction of sp³-hybridized carbons (Fsp3) is 0.500. The molecule has 1 aromatic carbocycles. The van der Waals surface area contributed by atoms with Gasteiger partial charge in [0.15, 0.2) is 0 Å². The van der Waals surface area contributed by atoms with Crippen molar-refractivity contribution in [3.8, 4) is 0 Å². The second-order valence-corrected chi connectivity index (χ2v) is 6.93. The van der Waals surface area contributed by atoms with Crippen molar-refractivity contribution in [1.82, 2.24) is 0 Å². The Morgan fingerprint density at radius 1 is 1.39 bits per heavy atom. The summed E-state index contributed by atoms with van der Waals surface area (Å²) in [6.45, 7) is 2.68. The fourth-order valence-corrected chi connectivity index (χ4v) is 3.04. The first-order valence-electron chi connectivity index (χ1n) is 6.50. The Balaban J connectivity index is 2.50. The molecule has 2 rings (SSSR count). The number of anilines is 1. The Bertz CT molecular complexity index is 720. The Labute approximate surface area is 129 Å². The molecule has 0 N–H and O–H groups in total. The topological polar surface area (TPSA) is 89.8 Å². The van der Waals surface area contributed by atoms with E-state index in [0.29, 0.717) is 25.8 Å². The van der Waals surface area contributed by atoms with E-state index in [9.17, 15) is 31.7 Å². The molecule has 0 bridgehead atoms. The van der Waals surface area contributed by atoms with Gasteiger partial charge in [0.2, 0.25) is 0 Å². The SMILES string of the molecule is CC1CN(c2ccc(S(=O)(=O)C(F)(F)F)cc2[N+](=O)[O-])CCO1. The predicted octanol–water partition coefficient (Wildman–Crippen LogP) is 2.11. The molecule has 1 aromatic rings. The number of nitrogens with zero attached hydrogens (tertiary/aromatic N) is 2. The molecule has 1 fully saturated rings. The number of rotatable bonds is 3. The summed E-state index contributed by atoms with van der Waals surface area (Å²) < 4.78 is 65.8. The fourth-order valence-electron chi connectivity index (χ4n) is 2.25. The first-order valence-corrected chi connectivity index (χ1v) is 7.98. The number of hydrogen-bond donors (Lipinski definition) is 0. The number of ether oxygens (including phenoxy) is 1. The van der Waals surface area contributed by atoms with Gasteiger partial charge in [-0.15, -0.1) is 0 Å². The first-order chi connectivity index (χ1) is 10.5. The number of benzene rings is 1. The van der Waals surface area contributed by atoms with Crippen LogP contribution in [0.1, 0.15) is 6.92 Å². The van der Waals surface area contributed by atoms with Crippen LogP contribution in [-0.4, -0.2) is 44.6 Å². The molecule has 11 heteroatoms. The van der Waals surface area contributed by atoms with Crippen LogP contribution in [0.2, 0.25) is 0 Å². The van der Waals surface area contributed by atoms with Crippen molar-refractivity contribution >= 4 is 21.2 Å². The summed E-state index contributed by atoms with van der Waals surface area (Å²) in [5, 5.41) is 11.1. The van der Waals surface area contributed by atoms with Crippen LogP contribution in [0.25, 0.3) is 0 Å². The van der Waals surface area contributed by atoms with E-state index in [4.69, 9.17) is 4.74 Å². The zero-order valence-corrected chi connectivity index (χ0v) is 12.7. The molecule has 1 aliphatic heterocycles. The van der Waals surface area contributed by atoms with Crippen molar-refractivity contribution in [3.05, 3.63) is 28.3 Å². The Hall–Kier alpha value is -1.88. The van der Waals surface area contributed by atoms with Crippen LogP contribution in [-0.2, 0) is 14.6 Å². The van der Waals surface area contributed by atoms with Crippen LogP contribution in [0.3, 0.4) is 0 Å². The molecule has 1 atom stereocenters. The van der Waals surface area contributed by atoms with E-state index in [1.165, 1.54) is 0 Å². The Morgan fingerprint density at radius 3 is 2.57 bits per heavy atom. The first kappa shape index (κ1) is 17.5. The zero-order chi connectivity index (χ0) is 17.4. The third-order valence-electron chi connectivity index (χ3n) is 3.34. The molecule has 0 saturated carbocycles. The van der Waals surface area contributed by atoms with Crippen LogP contribution < -0.4 is 4.90 Å². The van der Waals surface area contributed by atoms with Gasteiger partial charge >= 0.3 is 5.51 Å². The molecular formula is C12H13F3N2O5S. The molecule has 0 aromatic heterocycles. The van der Waals surface area contributed by atoms with Crippen molar-refractivity contribution < 1.29 is 31.2 Å². The molecule has 0 radical (unpaired) electrons. The lowest BCUT2D eigenvalue weighted by Crippen LogP contribution is -2.41. The van der Waals surface area contributed by atoms with Gasteiger partial charge in [-0.1, -0.05) is 0 Å². The van der Waals surface area contributed by atoms with Crippen LogP contribution in [0.15, 0.2) is 23.1 Å². The molecule has 23 heavy (non-hydrogen) atoms. The van der Waals surface area contributed by atoms with E-state index in [1.54, 1.807) is 11.8 Å². The van der Waals surface area contributed by atoms with Gasteiger partial charge in [0.1, 0.15) is 5.69 Å². The van der Waals surface area contributed by atoms with Crippen molar-refractivity contribution in [2.24, 2.45) is 0 Å². The van der Waals surface area contributed by atoms with Crippen LogP contribution >= 0.6 is 0 Å². The van der Waals surface area contributed by atoms with E-state index in [-0.39, 0.29) is 11.8 Å². The van der Waals surface area contributed by atoms with Gasteiger partial charge in [0.05, 0.1) is 22.5 Å². The zero-order valence-electron chi connectivity index (χ0n) is 11.9. The van der Waals surface area contributed by atoms with Gasteiger partial charge in [0.25, 0.3) is 15.5 Å². The number of sulfone groups is 1. The molecule has 0 amide bonds. The monoisotopic (exact) mass is 354 g/mol. The molecular weight excluding hydrogens is 341 g/mol. The number of nitro groups is 1. The predicted molar refractivity (Wildman–Crippen MR) is 74.0 cm³/mol. The smallest absolute Gasteiger partial charge is 0.375 e. The summed E-state index contributed by atoms with van der Waals surface area (Å²) in [4.78, 5) is 10.7. The highest BCUT2D eigenvalue weighted by molar-refractivity contribution is 7.92. The summed E-state index contributed by atoms with van der Waals surface area (Å²) in [6.07, 6.45) is -0.207. The van der Waals surface area contributed by atoms with E-state index in [1.807, 2.05) is 0 Å². The highest BCUT2D eigenvalue weighted by atomic mass is 32.2. The van der Waals surface area contributed by atoms with Crippen molar-refractivity contribution in [2.75, 3.05) is 24.6 Å². The Morgan fingerprint density at radius 2 is 2.04 bits per heavy atom. The molecule has 7 nitrogen and oxygen atoms in total. The van der Waals surface area contributed by atoms with E-state index in [2.05, 4.69) is 0 Å². The largest absolute Gasteiger partial charge is 0.501 e. The normalized spacial score (nSPS) is 19.7. The average Bonchev–Trinajstić information content (AvgIpc) is 2.45. The summed E-state index contributed by atoms with van der Waals surface area (Å²) in [5.41, 5.74) is -6.15. The van der Waals surface area contributed by atoms with Gasteiger partial charge in [-0.2, -0.15) is 13.2 Å². The minimum Gasteiger partial charge on any atom is -0.375 e. The number of hydrogen-bond acceptors (Lipinski definition) is 6. The van der Waals surface area contributed by atoms with E-state index >= 15 is 0 Å². The average molecular weight is 354 g/mol. The summed E-state index contributed by atoms with van der Waals surface area (Å²) >= 11 is 0. The maximum Gasteiger partial charge on any atom is 0.501 e. The number of nitro benzene ring substituents is 1. The van der Waals surface area contributed by atoms with Gasteiger partial charge in [0, 0.05) is 19.2 Å². The van der Waals surface area contributed by atoms with Gasteiger partial charge in [-0.05, 0) is 19.1 Å². The minimum atomic E-state index is -5.64. The lowest BCUT2D eigenvalue weighted by Gasteiger charge is -2.32. The molecule has 1 saturated heterocycles. The third-order valence-corrected chi connectivity index (χ3v) is 4.82. The second-order valence-electron chi connectivity index (χ2n) is 4.98. The highest BCUT2D eigenvalue weighted by Gasteiger charge is 2.47. The summed E-state index contributed by atoms with van der Waals surface area (Å²) in [7, 11) is -5.64. The lowest BCUT2D eigenvalue weighted by molar-refractivity contribution is -0.384. The Kier molecular flexibility index (Phi) is 4.53. The lowest BCUT2D eigenvalue weighted by atomic mass is 10.2. The standard InChI is InChI=1S/C12H13F3N2O5S/c1-8-7-16(4-5-22-8)10-3-2-9(6-11(10)17(18)19)23(20,21)12(13,14)15/h2-3,6,8H,4-5,7H2,1H3. The maximum atomic E-state index is 12.6. The van der Waals surface area contributed by atoms with Crippen molar-refractivity contribution in [1.29, 1.82) is 0 Å². The van der Waals surface area contributed by atoms with E-state index in [0.717, 1.165) is 12.1 Å². The molecule has 0 aliphatic carbocycles. The van der Waals surface area contributed by atoms with Crippen LogP contribution in [0, 0.1) is 10.1 Å². The summed E-state index contributed by atoms with van der Waals surface area (Å²) in [6, 6.07) is 2.19. The van der Waals surface area contributed by atoms with Crippen molar-refractivity contribution in [2.45, 2.75) is 23.4 Å². The number of morpholine rings is 1. The summed E-state index contributed by atoms with van der Waals surface area (Å²) in [5.74, 6) is 0. The third kappa shape index (κ3) is 3.39. The maximum absolute atomic E-state index is 12.6. The van der Waals surface area contributed by atoms with E-state index < -0.39 is 30.9 Å².